The summed E-state index contributed by atoms with van der Waals surface area (Å²) >= 11 is 0. The SMILES string of the molecule is O.O=P([O-])(O)O.O=P([O-])([O-])[O-].[H-].[K+].[Na+].[Na+].[Na+].[Na+]. The van der Waals surface area contributed by atoms with Gasteiger partial charge in [-0.2, -0.15) is 7.82 Å². The Kier molecular flexibility index (Phi) is 79.7. The smallest absolute Gasteiger partial charge is 1.00 e. The average molecular weight is 342 g/mol. The third kappa shape index (κ3) is 207. The van der Waals surface area contributed by atoms with Gasteiger partial charge in [0.05, 0.1) is 0 Å². The predicted molar refractivity (Wildman–Crippen MR) is 24.4 cm³/mol. The van der Waals surface area contributed by atoms with Gasteiger partial charge in [0.15, 0.2) is 0 Å². The minimum absolute atomic E-state index is 0. The molecule has 0 bridgehead atoms. The molecule has 0 aromatic heterocycles. The summed E-state index contributed by atoms with van der Waals surface area (Å²) in [6.45, 7) is 0. The van der Waals surface area contributed by atoms with Crippen molar-refractivity contribution in [1.29, 1.82) is 0 Å². The maximum atomic E-state index is 8.77. The summed E-state index contributed by atoms with van der Waals surface area (Å²) in [4.78, 5) is 48.6. The van der Waals surface area contributed by atoms with Crippen LogP contribution in [0.5, 0.6) is 0 Å². The maximum absolute atomic E-state index is 8.77. The molecule has 16 heteroatoms. The molecule has 0 fully saturated rings. The van der Waals surface area contributed by atoms with Gasteiger partial charge in [0, 0.05) is 0 Å². The molecule has 0 aliphatic heterocycles. The predicted octanol–water partition coefficient (Wildman–Crippen LogP) is -20.1. The van der Waals surface area contributed by atoms with E-state index >= 15 is 0 Å². The zero-order chi connectivity index (χ0) is 9.00. The molecule has 0 saturated heterocycles. The minimum atomic E-state index is -5.39. The Balaban J connectivity index is -0.00000000762. The van der Waals surface area contributed by atoms with E-state index in [1.807, 2.05) is 0 Å². The molecular formula is H5KNa4O9P2. The normalized spacial score (nSPS) is 7.38. The molecule has 0 radical (unpaired) electrons. The van der Waals surface area contributed by atoms with E-state index in [9.17, 15) is 0 Å². The van der Waals surface area contributed by atoms with Crippen LogP contribution in [0.25, 0.3) is 0 Å². The first-order valence-corrected chi connectivity index (χ1v) is 4.49. The van der Waals surface area contributed by atoms with Crippen molar-refractivity contribution in [3.8, 4) is 0 Å². The number of phosphoric acid groups is 2. The van der Waals surface area contributed by atoms with E-state index in [2.05, 4.69) is 0 Å². The number of rotatable bonds is 0. The van der Waals surface area contributed by atoms with E-state index in [0.717, 1.165) is 0 Å². The number of hydrogen-bond acceptors (Lipinski definition) is 6. The Bertz CT molecular complexity index is 143. The van der Waals surface area contributed by atoms with Crippen LogP contribution in [-0.2, 0) is 9.13 Å². The number of hydrogen-bond donors (Lipinski definition) is 2. The molecule has 0 amide bonds. The minimum Gasteiger partial charge on any atom is -1.00 e. The summed E-state index contributed by atoms with van der Waals surface area (Å²) in [6, 6.07) is 0. The molecule has 0 rings (SSSR count). The average Bonchev–Trinajstić information content (AvgIpc) is 1.12. The van der Waals surface area contributed by atoms with E-state index in [1.54, 1.807) is 0 Å². The second kappa shape index (κ2) is 25.8. The third-order valence-electron chi connectivity index (χ3n) is 0. The molecule has 0 aliphatic carbocycles. The van der Waals surface area contributed by atoms with Gasteiger partial charge in [0.2, 0.25) is 0 Å². The maximum Gasteiger partial charge on any atom is 1.00 e. The fourth-order valence-corrected chi connectivity index (χ4v) is 0. The van der Waals surface area contributed by atoms with E-state index < -0.39 is 15.6 Å². The van der Waals surface area contributed by atoms with E-state index in [-0.39, 0.29) is 177 Å². The Morgan fingerprint density at radius 3 is 0.812 bits per heavy atom. The molecular weight excluding hydrogens is 337 g/mol. The molecule has 0 saturated carbocycles. The zero-order valence-electron chi connectivity index (χ0n) is 10.7. The van der Waals surface area contributed by atoms with Gasteiger partial charge in [0.25, 0.3) is 7.82 Å². The van der Waals surface area contributed by atoms with Crippen molar-refractivity contribution in [2.24, 2.45) is 0 Å². The molecule has 4 N–H and O–H groups in total. The molecule has 0 atom stereocenters. The van der Waals surface area contributed by atoms with Gasteiger partial charge in [-0.3, -0.25) is 4.57 Å². The summed E-state index contributed by atoms with van der Waals surface area (Å²) in [7, 11) is -10.3. The summed E-state index contributed by atoms with van der Waals surface area (Å²) < 4.78 is 17.3. The largest absolute Gasteiger partial charge is 1.00 e. The molecule has 16 heavy (non-hydrogen) atoms. The van der Waals surface area contributed by atoms with Crippen LogP contribution in [0.15, 0.2) is 0 Å². The quantitative estimate of drug-likeness (QED) is 0.319. The van der Waals surface area contributed by atoms with Crippen LogP contribution in [-0.4, -0.2) is 15.3 Å². The Morgan fingerprint density at radius 2 is 0.812 bits per heavy atom. The first kappa shape index (κ1) is 49.5. The third-order valence-corrected chi connectivity index (χ3v) is 0. The Morgan fingerprint density at radius 1 is 0.812 bits per heavy atom. The van der Waals surface area contributed by atoms with Crippen LogP contribution in [0.2, 0.25) is 0 Å². The molecule has 0 aromatic rings. The van der Waals surface area contributed by atoms with Crippen LogP contribution in [0.4, 0.5) is 0 Å². The van der Waals surface area contributed by atoms with Gasteiger partial charge < -0.3 is 40.8 Å². The van der Waals surface area contributed by atoms with Crippen LogP contribution in [0.1, 0.15) is 1.43 Å². The molecule has 0 spiro atoms. The topological polar surface area (TPSA) is 198 Å². The van der Waals surface area contributed by atoms with Crippen molar-refractivity contribution in [3.05, 3.63) is 0 Å². The van der Waals surface area contributed by atoms with Crippen molar-refractivity contribution < 1.29 is 215 Å². The van der Waals surface area contributed by atoms with E-state index in [0.29, 0.717) is 0 Å². The standard InChI is InChI=1S/K.4Na.2H3O4P.H2O.H/c;;;;;2*1-5(2,3)4;;/h;;;;;2*(H3,1,2,3,4);1H2;/q5*+1;;;;-1/p-4. The Hall–Kier alpha value is 5.82. The molecule has 74 valence electrons. The summed E-state index contributed by atoms with van der Waals surface area (Å²) in [5.74, 6) is 0. The van der Waals surface area contributed by atoms with Gasteiger partial charge in [0.1, 0.15) is 0 Å². The van der Waals surface area contributed by atoms with Crippen molar-refractivity contribution in [3.63, 3.8) is 0 Å². The van der Waals surface area contributed by atoms with Gasteiger partial charge >= 0.3 is 170 Å². The van der Waals surface area contributed by atoms with Crippen molar-refractivity contribution >= 4 is 15.6 Å². The van der Waals surface area contributed by atoms with Gasteiger partial charge in [-0.05, 0) is 0 Å². The van der Waals surface area contributed by atoms with Crippen LogP contribution in [0, 0.1) is 0 Å². The van der Waals surface area contributed by atoms with E-state index in [1.165, 1.54) is 0 Å². The van der Waals surface area contributed by atoms with Crippen molar-refractivity contribution in [1.82, 2.24) is 0 Å². The first-order chi connectivity index (χ1) is 4.00. The molecule has 9 nitrogen and oxygen atoms in total. The zero-order valence-corrected chi connectivity index (χ0v) is 22.7. The summed E-state index contributed by atoms with van der Waals surface area (Å²) in [6.07, 6.45) is 0. The molecule has 0 aliphatic rings. The second-order valence-electron chi connectivity index (χ2n) is 0.938. The monoisotopic (exact) mass is 342 g/mol. The van der Waals surface area contributed by atoms with Crippen LogP contribution >= 0.6 is 15.6 Å². The fourth-order valence-electron chi connectivity index (χ4n) is 0. The first-order valence-electron chi connectivity index (χ1n) is 1.50. The molecule has 0 aromatic carbocycles. The van der Waals surface area contributed by atoms with Crippen molar-refractivity contribution in [2.45, 2.75) is 0 Å². The Labute approximate surface area is 225 Å². The van der Waals surface area contributed by atoms with Gasteiger partial charge in [-0.25, -0.2) is 0 Å². The van der Waals surface area contributed by atoms with Crippen LogP contribution < -0.4 is 189 Å². The fraction of sp³-hybridized carbons (Fsp3) is 0. The van der Waals surface area contributed by atoms with Gasteiger partial charge in [-0.1, -0.05) is 0 Å². The van der Waals surface area contributed by atoms with Crippen molar-refractivity contribution in [2.75, 3.05) is 0 Å². The van der Waals surface area contributed by atoms with Gasteiger partial charge in [-0.15, -0.1) is 0 Å². The van der Waals surface area contributed by atoms with Crippen LogP contribution in [0.3, 0.4) is 0 Å². The van der Waals surface area contributed by atoms with E-state index in [4.69, 9.17) is 38.5 Å². The molecule has 0 unspecified atom stereocenters. The second-order valence-corrected chi connectivity index (χ2v) is 2.81. The summed E-state index contributed by atoms with van der Waals surface area (Å²) in [5, 5.41) is 0. The molecule has 0 heterocycles. The summed E-state index contributed by atoms with van der Waals surface area (Å²) in [5.41, 5.74) is 0.